The first-order chi connectivity index (χ1) is 11.0. The summed E-state index contributed by atoms with van der Waals surface area (Å²) >= 11 is 1.50. The van der Waals surface area contributed by atoms with Gasteiger partial charge in [-0.2, -0.15) is 0 Å². The van der Waals surface area contributed by atoms with E-state index in [1.54, 1.807) is 7.11 Å². The van der Waals surface area contributed by atoms with Crippen LogP contribution >= 0.6 is 11.3 Å². The van der Waals surface area contributed by atoms with Crippen molar-refractivity contribution in [1.82, 2.24) is 10.3 Å². The van der Waals surface area contributed by atoms with Crippen LogP contribution in [0.2, 0.25) is 0 Å². The smallest absolute Gasteiger partial charge is 0.263 e. The van der Waals surface area contributed by atoms with E-state index in [1.807, 2.05) is 31.2 Å². The second-order valence-electron chi connectivity index (χ2n) is 5.94. The maximum Gasteiger partial charge on any atom is 0.263 e. The molecule has 1 aromatic carbocycles. The number of aromatic nitrogens is 1. The van der Waals surface area contributed by atoms with Crippen LogP contribution in [0.5, 0.6) is 5.75 Å². The van der Waals surface area contributed by atoms with Crippen molar-refractivity contribution in [3.05, 3.63) is 45.4 Å². The van der Waals surface area contributed by atoms with Gasteiger partial charge in [-0.1, -0.05) is 32.0 Å². The molecule has 1 aromatic heterocycles. The van der Waals surface area contributed by atoms with Crippen molar-refractivity contribution in [2.45, 2.75) is 33.6 Å². The predicted molar refractivity (Wildman–Crippen MR) is 94.4 cm³/mol. The second-order valence-corrected chi connectivity index (χ2v) is 7.02. The normalized spacial score (nSPS) is 10.8. The Morgan fingerprint density at radius 3 is 2.78 bits per heavy atom. The van der Waals surface area contributed by atoms with E-state index in [1.165, 1.54) is 11.3 Å². The first kappa shape index (κ1) is 17.5. The van der Waals surface area contributed by atoms with Crippen molar-refractivity contribution in [2.24, 2.45) is 5.92 Å². The quantitative estimate of drug-likeness (QED) is 0.842. The number of amides is 1. The predicted octanol–water partition coefficient (Wildman–Crippen LogP) is 3.63. The van der Waals surface area contributed by atoms with Crippen LogP contribution in [-0.2, 0) is 12.8 Å². The Bertz CT molecular complexity index is 665. The van der Waals surface area contributed by atoms with Crippen LogP contribution in [0.25, 0.3) is 0 Å². The Morgan fingerprint density at radius 2 is 2.09 bits per heavy atom. The lowest BCUT2D eigenvalue weighted by Crippen LogP contribution is -2.25. The number of hydrogen-bond donors (Lipinski definition) is 1. The third kappa shape index (κ3) is 4.79. The fourth-order valence-corrected chi connectivity index (χ4v) is 3.59. The van der Waals surface area contributed by atoms with Gasteiger partial charge in [-0.15, -0.1) is 11.3 Å². The molecule has 0 radical (unpaired) electrons. The third-order valence-corrected chi connectivity index (χ3v) is 4.68. The highest BCUT2D eigenvalue weighted by Gasteiger charge is 2.15. The highest BCUT2D eigenvalue weighted by molar-refractivity contribution is 7.13. The van der Waals surface area contributed by atoms with Crippen molar-refractivity contribution in [1.29, 1.82) is 0 Å². The van der Waals surface area contributed by atoms with Crippen LogP contribution in [0.4, 0.5) is 0 Å². The number of hydrogen-bond acceptors (Lipinski definition) is 4. The number of thiazole rings is 1. The molecule has 0 aliphatic rings. The van der Waals surface area contributed by atoms with Crippen molar-refractivity contribution >= 4 is 17.2 Å². The zero-order valence-corrected chi connectivity index (χ0v) is 15.0. The maximum absolute atomic E-state index is 12.3. The fourth-order valence-electron chi connectivity index (χ4n) is 2.40. The van der Waals surface area contributed by atoms with E-state index in [9.17, 15) is 4.79 Å². The summed E-state index contributed by atoms with van der Waals surface area (Å²) in [4.78, 5) is 17.6. The van der Waals surface area contributed by atoms with Crippen LogP contribution in [0.15, 0.2) is 24.3 Å². The van der Waals surface area contributed by atoms with E-state index in [2.05, 4.69) is 24.1 Å². The molecule has 124 valence electrons. The van der Waals surface area contributed by atoms with Gasteiger partial charge in [0, 0.05) is 13.0 Å². The molecule has 0 bridgehead atoms. The molecule has 5 heteroatoms. The van der Waals surface area contributed by atoms with Crippen molar-refractivity contribution in [3.63, 3.8) is 0 Å². The maximum atomic E-state index is 12.3. The molecule has 0 fully saturated rings. The molecular weight excluding hydrogens is 308 g/mol. The zero-order valence-electron chi connectivity index (χ0n) is 14.2. The van der Waals surface area contributed by atoms with Gasteiger partial charge >= 0.3 is 0 Å². The van der Waals surface area contributed by atoms with Gasteiger partial charge in [0.05, 0.1) is 17.8 Å². The van der Waals surface area contributed by atoms with E-state index in [-0.39, 0.29) is 5.91 Å². The summed E-state index contributed by atoms with van der Waals surface area (Å²) in [5.41, 5.74) is 1.91. The number of ether oxygens (including phenoxy) is 1. The summed E-state index contributed by atoms with van der Waals surface area (Å²) < 4.78 is 5.33. The van der Waals surface area contributed by atoms with Gasteiger partial charge in [0.1, 0.15) is 10.6 Å². The molecule has 1 amide bonds. The van der Waals surface area contributed by atoms with Crippen LogP contribution < -0.4 is 10.1 Å². The van der Waals surface area contributed by atoms with Crippen LogP contribution in [0.3, 0.4) is 0 Å². The van der Waals surface area contributed by atoms with Gasteiger partial charge in [0.2, 0.25) is 0 Å². The Hall–Kier alpha value is -1.88. The summed E-state index contributed by atoms with van der Waals surface area (Å²) in [6.07, 6.45) is 1.66. The molecule has 2 aromatic rings. The van der Waals surface area contributed by atoms with Crippen molar-refractivity contribution in [3.8, 4) is 5.75 Å². The minimum absolute atomic E-state index is 0.0371. The lowest BCUT2D eigenvalue weighted by molar-refractivity contribution is 0.0957. The van der Waals surface area contributed by atoms with E-state index < -0.39 is 0 Å². The number of para-hydroxylation sites is 1. The highest BCUT2D eigenvalue weighted by Crippen LogP contribution is 2.21. The van der Waals surface area contributed by atoms with Gasteiger partial charge in [-0.3, -0.25) is 4.79 Å². The molecule has 0 atom stereocenters. The standard InChI is InChI=1S/C18H24N2O2S/c1-12(2)11-16-20-13(3)17(23-16)18(21)19-10-9-14-7-5-6-8-15(14)22-4/h5-8,12H,9-11H2,1-4H3,(H,19,21). The number of carbonyl (C=O) groups excluding carboxylic acids is 1. The molecule has 0 unspecified atom stereocenters. The first-order valence-electron chi connectivity index (χ1n) is 7.87. The molecule has 0 aliphatic carbocycles. The average molecular weight is 332 g/mol. The summed E-state index contributed by atoms with van der Waals surface area (Å²) in [5.74, 6) is 1.36. The number of nitrogens with one attached hydrogen (secondary N) is 1. The molecule has 23 heavy (non-hydrogen) atoms. The molecule has 2 rings (SSSR count). The summed E-state index contributed by atoms with van der Waals surface area (Å²) in [6.45, 7) is 6.79. The van der Waals surface area contributed by atoms with E-state index >= 15 is 0 Å². The van der Waals surface area contributed by atoms with E-state index in [4.69, 9.17) is 4.74 Å². The molecule has 0 saturated carbocycles. The monoisotopic (exact) mass is 332 g/mol. The SMILES string of the molecule is COc1ccccc1CCNC(=O)c1sc(CC(C)C)nc1C. The lowest BCUT2D eigenvalue weighted by Gasteiger charge is -2.08. The molecule has 0 aliphatic heterocycles. The Balaban J connectivity index is 1.93. The first-order valence-corrected chi connectivity index (χ1v) is 8.69. The third-order valence-electron chi connectivity index (χ3n) is 3.50. The van der Waals surface area contributed by atoms with Gasteiger partial charge < -0.3 is 10.1 Å². The van der Waals surface area contributed by atoms with Crippen molar-refractivity contribution < 1.29 is 9.53 Å². The zero-order chi connectivity index (χ0) is 16.8. The molecule has 0 spiro atoms. The van der Waals surface area contributed by atoms with Crippen LogP contribution in [0, 0.1) is 12.8 Å². The number of aryl methyl sites for hydroxylation is 1. The fraction of sp³-hybridized carbons (Fsp3) is 0.444. The Morgan fingerprint density at radius 1 is 1.35 bits per heavy atom. The summed E-state index contributed by atoms with van der Waals surface area (Å²) in [6, 6.07) is 7.87. The van der Waals surface area contributed by atoms with Gasteiger partial charge in [0.15, 0.2) is 0 Å². The van der Waals surface area contributed by atoms with E-state index in [0.29, 0.717) is 12.5 Å². The van der Waals surface area contributed by atoms with Gasteiger partial charge in [-0.05, 0) is 30.9 Å². The topological polar surface area (TPSA) is 51.2 Å². The largest absolute Gasteiger partial charge is 0.496 e. The molecule has 4 nitrogen and oxygen atoms in total. The van der Waals surface area contributed by atoms with Crippen molar-refractivity contribution in [2.75, 3.05) is 13.7 Å². The highest BCUT2D eigenvalue weighted by atomic mass is 32.1. The van der Waals surface area contributed by atoms with Crippen LogP contribution in [-0.4, -0.2) is 24.5 Å². The summed E-state index contributed by atoms with van der Waals surface area (Å²) in [7, 11) is 1.66. The minimum atomic E-state index is -0.0371. The Kier molecular flexibility index (Phi) is 6.16. The average Bonchev–Trinajstić information content (AvgIpc) is 2.87. The number of rotatable bonds is 7. The summed E-state index contributed by atoms with van der Waals surface area (Å²) in [5, 5.41) is 4.02. The molecule has 0 saturated heterocycles. The number of nitrogens with zero attached hydrogens (tertiary/aromatic N) is 1. The lowest BCUT2D eigenvalue weighted by atomic mass is 10.1. The Labute approximate surface area is 141 Å². The number of carbonyl (C=O) groups is 1. The number of methoxy groups -OCH3 is 1. The minimum Gasteiger partial charge on any atom is -0.496 e. The number of benzene rings is 1. The van der Waals surface area contributed by atoms with Gasteiger partial charge in [-0.25, -0.2) is 4.98 Å². The molecule has 1 heterocycles. The molecular formula is C18H24N2O2S. The van der Waals surface area contributed by atoms with E-state index in [0.717, 1.165) is 39.7 Å². The second kappa shape index (κ2) is 8.11. The van der Waals surface area contributed by atoms with Gasteiger partial charge in [0.25, 0.3) is 5.91 Å². The van der Waals surface area contributed by atoms with Crippen LogP contribution in [0.1, 0.15) is 39.8 Å². The molecule has 1 N–H and O–H groups in total.